The summed E-state index contributed by atoms with van der Waals surface area (Å²) in [6.45, 7) is 3.62. The first-order valence-corrected chi connectivity index (χ1v) is 2.25. The van der Waals surface area contributed by atoms with Crippen LogP contribution in [0.4, 0.5) is 0 Å². The molecule has 0 aromatic rings. The second kappa shape index (κ2) is 1.12. The van der Waals surface area contributed by atoms with Crippen molar-refractivity contribution in [3.8, 4) is 0 Å². The highest BCUT2D eigenvalue weighted by Gasteiger charge is 2.08. The summed E-state index contributed by atoms with van der Waals surface area (Å²) in [7, 11) is 0. The lowest BCUT2D eigenvalue weighted by molar-refractivity contribution is 1.21. The standard InChI is InChI=1S/C5H5Cl/c1-4-2-3-5(4)6/h2-3,5H,1H2. The molecule has 0 saturated carbocycles. The molecule has 0 aliphatic heterocycles. The minimum atomic E-state index is 0.130. The summed E-state index contributed by atoms with van der Waals surface area (Å²) in [6, 6.07) is 0. The molecule has 0 aromatic heterocycles. The molecule has 1 heteroatoms. The molecule has 1 atom stereocenters. The highest BCUT2D eigenvalue weighted by molar-refractivity contribution is 6.25. The Balaban J connectivity index is 2.67. The van der Waals surface area contributed by atoms with E-state index in [-0.39, 0.29) is 5.38 Å². The number of rotatable bonds is 0. The van der Waals surface area contributed by atoms with Crippen LogP contribution in [-0.2, 0) is 0 Å². The summed E-state index contributed by atoms with van der Waals surface area (Å²) in [5.41, 5.74) is 1.02. The van der Waals surface area contributed by atoms with Crippen molar-refractivity contribution in [2.24, 2.45) is 0 Å². The smallest absolute Gasteiger partial charge is 0.0763 e. The van der Waals surface area contributed by atoms with Gasteiger partial charge in [0.2, 0.25) is 0 Å². The monoisotopic (exact) mass is 100 g/mol. The normalized spacial score (nSPS) is 30.2. The summed E-state index contributed by atoms with van der Waals surface area (Å²) < 4.78 is 0. The molecule has 1 unspecified atom stereocenters. The van der Waals surface area contributed by atoms with Crippen molar-refractivity contribution in [3.63, 3.8) is 0 Å². The number of allylic oxidation sites excluding steroid dienone is 3. The molecule has 0 N–H and O–H groups in total. The summed E-state index contributed by atoms with van der Waals surface area (Å²) in [5.74, 6) is 0. The van der Waals surface area contributed by atoms with Crippen LogP contribution in [0.5, 0.6) is 0 Å². The van der Waals surface area contributed by atoms with Gasteiger partial charge in [0.25, 0.3) is 0 Å². The maximum atomic E-state index is 5.51. The zero-order valence-electron chi connectivity index (χ0n) is 3.32. The second-order valence-electron chi connectivity index (χ2n) is 1.34. The van der Waals surface area contributed by atoms with Gasteiger partial charge in [0, 0.05) is 0 Å². The van der Waals surface area contributed by atoms with E-state index in [0.717, 1.165) is 5.57 Å². The minimum Gasteiger partial charge on any atom is -0.113 e. The van der Waals surface area contributed by atoms with E-state index in [1.807, 2.05) is 12.2 Å². The Morgan fingerprint density at radius 3 is 2.33 bits per heavy atom. The first-order valence-electron chi connectivity index (χ1n) is 1.82. The van der Waals surface area contributed by atoms with Crippen LogP contribution in [0.15, 0.2) is 24.3 Å². The lowest BCUT2D eigenvalue weighted by Crippen LogP contribution is -2.03. The predicted octanol–water partition coefficient (Wildman–Crippen LogP) is 1.72. The van der Waals surface area contributed by atoms with Gasteiger partial charge in [-0.25, -0.2) is 0 Å². The van der Waals surface area contributed by atoms with Crippen molar-refractivity contribution >= 4 is 11.6 Å². The quantitative estimate of drug-likeness (QED) is 0.407. The Kier molecular flexibility index (Phi) is 0.738. The molecule has 1 aliphatic rings. The van der Waals surface area contributed by atoms with Gasteiger partial charge in [-0.3, -0.25) is 0 Å². The number of hydrogen-bond donors (Lipinski definition) is 0. The van der Waals surface area contributed by atoms with Crippen LogP contribution in [-0.4, -0.2) is 5.38 Å². The van der Waals surface area contributed by atoms with Crippen molar-refractivity contribution in [1.29, 1.82) is 0 Å². The van der Waals surface area contributed by atoms with Gasteiger partial charge in [-0.2, -0.15) is 0 Å². The van der Waals surface area contributed by atoms with Gasteiger partial charge >= 0.3 is 0 Å². The van der Waals surface area contributed by atoms with E-state index < -0.39 is 0 Å². The van der Waals surface area contributed by atoms with E-state index >= 15 is 0 Å². The molecule has 0 amide bonds. The number of alkyl halides is 1. The van der Waals surface area contributed by atoms with Gasteiger partial charge < -0.3 is 0 Å². The topological polar surface area (TPSA) is 0 Å². The molecule has 0 spiro atoms. The van der Waals surface area contributed by atoms with Crippen LogP contribution < -0.4 is 0 Å². The Bertz CT molecular complexity index is 103. The molecular formula is C5H5Cl. The third-order valence-corrected chi connectivity index (χ3v) is 1.26. The Morgan fingerprint density at radius 2 is 2.33 bits per heavy atom. The first kappa shape index (κ1) is 3.94. The fourth-order valence-electron chi connectivity index (χ4n) is 0.305. The predicted molar refractivity (Wildman–Crippen MR) is 27.9 cm³/mol. The van der Waals surface area contributed by atoms with Crippen LogP contribution in [0.1, 0.15) is 0 Å². The molecule has 0 bridgehead atoms. The van der Waals surface area contributed by atoms with Crippen LogP contribution >= 0.6 is 11.6 Å². The van der Waals surface area contributed by atoms with E-state index in [1.54, 1.807) is 0 Å². The molecular weight excluding hydrogens is 95.5 g/mol. The second-order valence-corrected chi connectivity index (χ2v) is 1.81. The highest BCUT2D eigenvalue weighted by Crippen LogP contribution is 2.19. The highest BCUT2D eigenvalue weighted by atomic mass is 35.5. The molecule has 0 saturated heterocycles. The molecule has 0 aromatic carbocycles. The van der Waals surface area contributed by atoms with Crippen LogP contribution in [0, 0.1) is 0 Å². The fourth-order valence-corrected chi connectivity index (χ4v) is 0.451. The van der Waals surface area contributed by atoms with Gasteiger partial charge in [0.1, 0.15) is 0 Å². The van der Waals surface area contributed by atoms with Gasteiger partial charge in [0.05, 0.1) is 5.38 Å². The van der Waals surface area contributed by atoms with Crippen molar-refractivity contribution in [3.05, 3.63) is 24.3 Å². The van der Waals surface area contributed by atoms with E-state index in [1.165, 1.54) is 0 Å². The first-order chi connectivity index (χ1) is 2.80. The average molecular weight is 101 g/mol. The molecule has 0 nitrogen and oxygen atoms in total. The third-order valence-electron chi connectivity index (χ3n) is 0.833. The Labute approximate surface area is 42.1 Å². The van der Waals surface area contributed by atoms with Gasteiger partial charge in [-0.15, -0.1) is 11.6 Å². The van der Waals surface area contributed by atoms with Gasteiger partial charge in [-0.05, 0) is 5.57 Å². The van der Waals surface area contributed by atoms with Crippen LogP contribution in [0.3, 0.4) is 0 Å². The lowest BCUT2D eigenvalue weighted by Gasteiger charge is -2.10. The zero-order valence-corrected chi connectivity index (χ0v) is 4.07. The summed E-state index contributed by atoms with van der Waals surface area (Å²) in [5, 5.41) is 0.130. The third kappa shape index (κ3) is 0.376. The zero-order chi connectivity index (χ0) is 4.57. The largest absolute Gasteiger partial charge is 0.113 e. The van der Waals surface area contributed by atoms with Crippen molar-refractivity contribution in [2.75, 3.05) is 0 Å². The van der Waals surface area contributed by atoms with E-state index in [4.69, 9.17) is 11.6 Å². The minimum absolute atomic E-state index is 0.130. The van der Waals surface area contributed by atoms with E-state index in [0.29, 0.717) is 0 Å². The average Bonchev–Trinajstić information content (AvgIpc) is 1.61. The summed E-state index contributed by atoms with van der Waals surface area (Å²) in [6.07, 6.45) is 3.82. The van der Waals surface area contributed by atoms with Crippen LogP contribution in [0.25, 0.3) is 0 Å². The molecule has 32 valence electrons. The van der Waals surface area contributed by atoms with Crippen molar-refractivity contribution in [1.82, 2.24) is 0 Å². The maximum Gasteiger partial charge on any atom is 0.0763 e. The summed E-state index contributed by atoms with van der Waals surface area (Å²) in [4.78, 5) is 0. The lowest BCUT2D eigenvalue weighted by atomic mass is 10.1. The van der Waals surface area contributed by atoms with Crippen molar-refractivity contribution < 1.29 is 0 Å². The molecule has 0 fully saturated rings. The van der Waals surface area contributed by atoms with Crippen molar-refractivity contribution in [2.45, 2.75) is 5.38 Å². The molecule has 0 heterocycles. The number of hydrogen-bond acceptors (Lipinski definition) is 0. The van der Waals surface area contributed by atoms with Gasteiger partial charge in [0.15, 0.2) is 0 Å². The van der Waals surface area contributed by atoms with Gasteiger partial charge in [-0.1, -0.05) is 18.7 Å². The summed E-state index contributed by atoms with van der Waals surface area (Å²) >= 11 is 5.51. The van der Waals surface area contributed by atoms with E-state index in [9.17, 15) is 0 Å². The van der Waals surface area contributed by atoms with E-state index in [2.05, 4.69) is 6.58 Å². The molecule has 1 rings (SSSR count). The fraction of sp³-hybridized carbons (Fsp3) is 0.200. The number of halogens is 1. The van der Waals surface area contributed by atoms with Crippen LogP contribution in [0.2, 0.25) is 0 Å². The maximum absolute atomic E-state index is 5.51. The molecule has 0 radical (unpaired) electrons. The molecule has 1 aliphatic carbocycles. The Hall–Kier alpha value is -0.230. The molecule has 6 heavy (non-hydrogen) atoms. The Morgan fingerprint density at radius 1 is 1.83 bits per heavy atom. The SMILES string of the molecule is C=C1C=CC1Cl.